The highest BCUT2D eigenvalue weighted by Gasteiger charge is 2.32. The van der Waals surface area contributed by atoms with Crippen molar-refractivity contribution < 1.29 is 13.2 Å². The summed E-state index contributed by atoms with van der Waals surface area (Å²) in [5.41, 5.74) is 1.13. The van der Waals surface area contributed by atoms with Crippen molar-refractivity contribution in [1.29, 1.82) is 5.26 Å². The molecule has 5 nitrogen and oxygen atoms in total. The number of benzene rings is 1. The van der Waals surface area contributed by atoms with Crippen molar-refractivity contribution in [1.82, 2.24) is 14.9 Å². The van der Waals surface area contributed by atoms with Crippen molar-refractivity contribution >= 4 is 16.7 Å². The number of anilines is 1. The summed E-state index contributed by atoms with van der Waals surface area (Å²) in [6, 6.07) is 13.7. The Kier molecular flexibility index (Phi) is 5.07. The molecule has 0 unspecified atom stereocenters. The van der Waals surface area contributed by atoms with E-state index in [1.54, 1.807) is 6.07 Å². The molecule has 0 atom stereocenters. The summed E-state index contributed by atoms with van der Waals surface area (Å²) in [6.45, 7) is 3.77. The summed E-state index contributed by atoms with van der Waals surface area (Å²) in [5.74, 6) is 0.662. The molecule has 1 aliphatic rings. The minimum atomic E-state index is -4.47. The Morgan fingerprint density at radius 3 is 2.55 bits per heavy atom. The molecule has 148 valence electrons. The van der Waals surface area contributed by atoms with E-state index in [9.17, 15) is 13.2 Å². The lowest BCUT2D eigenvalue weighted by atomic mass is 10.1. The molecule has 0 amide bonds. The quantitative estimate of drug-likeness (QED) is 0.672. The highest BCUT2D eigenvalue weighted by Crippen LogP contribution is 2.31. The van der Waals surface area contributed by atoms with Gasteiger partial charge in [0.2, 0.25) is 0 Å². The molecular weight excluding hydrogens is 379 g/mol. The van der Waals surface area contributed by atoms with Gasteiger partial charge in [0.15, 0.2) is 0 Å². The standard InChI is InChI=1S/C21H18F3N5/c22-21(23,24)19-5-4-17-18(27-19)6-7-26-20(17)29-10-8-28(9-11-29)14-16-3-1-2-15(12-16)13-25/h1-7,12H,8-11,14H2. The van der Waals surface area contributed by atoms with Crippen LogP contribution in [0.4, 0.5) is 19.0 Å². The fraction of sp³-hybridized carbons (Fsp3) is 0.286. The van der Waals surface area contributed by atoms with E-state index >= 15 is 0 Å². The Morgan fingerprint density at radius 1 is 1.03 bits per heavy atom. The SMILES string of the molecule is N#Cc1cccc(CN2CCN(c3nccc4nc(C(F)(F)F)ccc34)CC2)c1. The van der Waals surface area contributed by atoms with Crippen LogP contribution in [-0.4, -0.2) is 41.0 Å². The van der Waals surface area contributed by atoms with Crippen LogP contribution in [0.25, 0.3) is 10.9 Å². The Balaban J connectivity index is 1.48. The minimum absolute atomic E-state index is 0.292. The molecule has 1 fully saturated rings. The molecular formula is C21H18F3N5. The zero-order chi connectivity index (χ0) is 20.4. The molecule has 0 spiro atoms. The summed E-state index contributed by atoms with van der Waals surface area (Å²) in [5, 5.41) is 9.65. The van der Waals surface area contributed by atoms with Crippen molar-refractivity contribution in [2.24, 2.45) is 0 Å². The number of nitriles is 1. The predicted octanol–water partition coefficient (Wildman–Crippen LogP) is 3.84. The Labute approximate surface area is 166 Å². The molecule has 3 heterocycles. The smallest absolute Gasteiger partial charge is 0.353 e. The van der Waals surface area contributed by atoms with Crippen LogP contribution in [-0.2, 0) is 12.7 Å². The number of hydrogen-bond donors (Lipinski definition) is 0. The van der Waals surface area contributed by atoms with Crippen LogP contribution < -0.4 is 4.90 Å². The number of fused-ring (bicyclic) bond motifs is 1. The highest BCUT2D eigenvalue weighted by atomic mass is 19.4. The number of alkyl halides is 3. The molecule has 0 aliphatic carbocycles. The summed E-state index contributed by atoms with van der Waals surface area (Å²) in [6.07, 6.45) is -2.96. The third-order valence-corrected chi connectivity index (χ3v) is 5.02. The molecule has 8 heteroatoms. The average Bonchev–Trinajstić information content (AvgIpc) is 2.73. The first-order chi connectivity index (χ1) is 13.9. The van der Waals surface area contributed by atoms with E-state index in [1.807, 2.05) is 18.2 Å². The molecule has 1 aromatic carbocycles. The largest absolute Gasteiger partial charge is 0.433 e. The van der Waals surface area contributed by atoms with Crippen molar-refractivity contribution in [2.75, 3.05) is 31.1 Å². The van der Waals surface area contributed by atoms with E-state index in [2.05, 4.69) is 25.8 Å². The summed E-state index contributed by atoms with van der Waals surface area (Å²) in [4.78, 5) is 12.5. The van der Waals surface area contributed by atoms with Crippen molar-refractivity contribution in [3.8, 4) is 6.07 Å². The van der Waals surface area contributed by atoms with Gasteiger partial charge in [0.1, 0.15) is 11.5 Å². The maximum atomic E-state index is 12.9. The second-order valence-electron chi connectivity index (χ2n) is 6.97. The normalized spacial score (nSPS) is 15.4. The molecule has 4 rings (SSSR count). The topological polar surface area (TPSA) is 56.1 Å². The van der Waals surface area contributed by atoms with E-state index in [0.717, 1.165) is 31.3 Å². The van der Waals surface area contributed by atoms with E-state index in [1.165, 1.54) is 18.3 Å². The lowest BCUT2D eigenvalue weighted by Crippen LogP contribution is -2.46. The van der Waals surface area contributed by atoms with Gasteiger partial charge in [0, 0.05) is 44.3 Å². The first-order valence-electron chi connectivity index (χ1n) is 9.23. The second kappa shape index (κ2) is 7.68. The number of aromatic nitrogens is 2. The lowest BCUT2D eigenvalue weighted by molar-refractivity contribution is -0.140. The van der Waals surface area contributed by atoms with Crippen LogP contribution in [0.5, 0.6) is 0 Å². The number of piperazine rings is 1. The molecule has 0 N–H and O–H groups in total. The highest BCUT2D eigenvalue weighted by molar-refractivity contribution is 5.89. The second-order valence-corrected chi connectivity index (χ2v) is 6.97. The fourth-order valence-corrected chi connectivity index (χ4v) is 3.56. The van der Waals surface area contributed by atoms with Gasteiger partial charge >= 0.3 is 6.18 Å². The van der Waals surface area contributed by atoms with Gasteiger partial charge in [0.05, 0.1) is 17.1 Å². The van der Waals surface area contributed by atoms with E-state index in [4.69, 9.17) is 5.26 Å². The molecule has 1 aliphatic heterocycles. The fourth-order valence-electron chi connectivity index (χ4n) is 3.56. The van der Waals surface area contributed by atoms with Gasteiger partial charge in [-0.1, -0.05) is 12.1 Å². The van der Waals surface area contributed by atoms with Crippen LogP contribution in [0.1, 0.15) is 16.8 Å². The average molecular weight is 397 g/mol. The molecule has 0 radical (unpaired) electrons. The van der Waals surface area contributed by atoms with Crippen LogP contribution in [0.15, 0.2) is 48.7 Å². The van der Waals surface area contributed by atoms with Crippen LogP contribution in [0, 0.1) is 11.3 Å². The molecule has 0 saturated carbocycles. The predicted molar refractivity (Wildman–Crippen MR) is 103 cm³/mol. The zero-order valence-corrected chi connectivity index (χ0v) is 15.5. The monoisotopic (exact) mass is 397 g/mol. The Morgan fingerprint density at radius 2 is 1.83 bits per heavy atom. The zero-order valence-electron chi connectivity index (χ0n) is 15.5. The van der Waals surface area contributed by atoms with Gasteiger partial charge in [-0.25, -0.2) is 9.97 Å². The van der Waals surface area contributed by atoms with Crippen molar-refractivity contribution in [3.05, 3.63) is 65.5 Å². The third kappa shape index (κ3) is 4.15. The number of hydrogen-bond acceptors (Lipinski definition) is 5. The first kappa shape index (κ1) is 19.2. The van der Waals surface area contributed by atoms with E-state index in [0.29, 0.717) is 35.4 Å². The van der Waals surface area contributed by atoms with Crippen molar-refractivity contribution in [3.63, 3.8) is 0 Å². The first-order valence-corrected chi connectivity index (χ1v) is 9.23. The molecule has 1 saturated heterocycles. The molecule has 2 aromatic heterocycles. The Bertz CT molecular complexity index is 1070. The van der Waals surface area contributed by atoms with Gasteiger partial charge < -0.3 is 4.90 Å². The van der Waals surface area contributed by atoms with E-state index in [-0.39, 0.29) is 0 Å². The van der Waals surface area contributed by atoms with Gasteiger partial charge in [-0.3, -0.25) is 4.90 Å². The van der Waals surface area contributed by atoms with Gasteiger partial charge in [-0.2, -0.15) is 18.4 Å². The Hall–Kier alpha value is -3.18. The maximum absolute atomic E-state index is 12.9. The summed E-state index contributed by atoms with van der Waals surface area (Å²) >= 11 is 0. The van der Waals surface area contributed by atoms with Crippen molar-refractivity contribution in [2.45, 2.75) is 12.7 Å². The molecule has 0 bridgehead atoms. The van der Waals surface area contributed by atoms with Crippen LogP contribution in [0.2, 0.25) is 0 Å². The number of pyridine rings is 2. The lowest BCUT2D eigenvalue weighted by Gasteiger charge is -2.35. The number of nitrogens with zero attached hydrogens (tertiary/aromatic N) is 5. The number of rotatable bonds is 3. The maximum Gasteiger partial charge on any atom is 0.433 e. The van der Waals surface area contributed by atoms with Crippen LogP contribution in [0.3, 0.4) is 0 Å². The molecule has 29 heavy (non-hydrogen) atoms. The minimum Gasteiger partial charge on any atom is -0.353 e. The van der Waals surface area contributed by atoms with Gasteiger partial charge in [-0.15, -0.1) is 0 Å². The van der Waals surface area contributed by atoms with Gasteiger partial charge in [-0.05, 0) is 35.9 Å². The molecule has 3 aromatic rings. The van der Waals surface area contributed by atoms with Gasteiger partial charge in [0.25, 0.3) is 0 Å². The van der Waals surface area contributed by atoms with E-state index < -0.39 is 11.9 Å². The van der Waals surface area contributed by atoms with Crippen LogP contribution >= 0.6 is 0 Å². The summed E-state index contributed by atoms with van der Waals surface area (Å²) in [7, 11) is 0. The number of halogens is 3. The summed E-state index contributed by atoms with van der Waals surface area (Å²) < 4.78 is 38.8. The third-order valence-electron chi connectivity index (χ3n) is 5.02.